The van der Waals surface area contributed by atoms with Gasteiger partial charge in [-0.25, -0.2) is 0 Å². The number of piperazine rings is 1. The molecule has 0 saturated carbocycles. The normalized spacial score (nSPS) is 21.8. The summed E-state index contributed by atoms with van der Waals surface area (Å²) in [5.41, 5.74) is 0.966. The molecule has 7 heteroatoms. The minimum absolute atomic E-state index is 0.282. The Balaban J connectivity index is 1.24. The van der Waals surface area contributed by atoms with E-state index in [1.807, 2.05) is 30.3 Å². The van der Waals surface area contributed by atoms with E-state index in [0.29, 0.717) is 30.8 Å². The lowest BCUT2D eigenvalue weighted by atomic mass is 10.0. The van der Waals surface area contributed by atoms with Crippen molar-refractivity contribution >= 4 is 5.91 Å². The zero-order valence-corrected chi connectivity index (χ0v) is 16.6. The van der Waals surface area contributed by atoms with Crippen LogP contribution < -0.4 is 0 Å². The number of amides is 1. The van der Waals surface area contributed by atoms with Gasteiger partial charge < -0.3 is 9.42 Å². The highest BCUT2D eigenvalue weighted by Gasteiger charge is 2.26. The molecule has 2 fully saturated rings. The third-order valence-electron chi connectivity index (χ3n) is 5.81. The third-order valence-corrected chi connectivity index (χ3v) is 5.81. The molecule has 1 atom stereocenters. The van der Waals surface area contributed by atoms with Gasteiger partial charge in [0.1, 0.15) is 0 Å². The van der Waals surface area contributed by atoms with E-state index in [2.05, 4.69) is 31.8 Å². The fourth-order valence-corrected chi connectivity index (χ4v) is 4.07. The molecule has 0 N–H and O–H groups in total. The second-order valence-electron chi connectivity index (χ2n) is 7.86. The summed E-state index contributed by atoms with van der Waals surface area (Å²) >= 11 is 0. The van der Waals surface area contributed by atoms with Crippen LogP contribution in [0.25, 0.3) is 11.4 Å². The molecule has 1 aromatic heterocycles. The maximum atomic E-state index is 12.6. The predicted octanol–water partition coefficient (Wildman–Crippen LogP) is 2.26. The van der Waals surface area contributed by atoms with Crippen molar-refractivity contribution in [2.24, 2.45) is 0 Å². The second-order valence-corrected chi connectivity index (χ2v) is 7.86. The molecule has 2 aromatic rings. The van der Waals surface area contributed by atoms with Crippen molar-refractivity contribution in [3.8, 4) is 11.4 Å². The van der Waals surface area contributed by atoms with Crippen molar-refractivity contribution in [1.29, 1.82) is 0 Å². The number of carbonyl (C=O) groups is 1. The van der Waals surface area contributed by atoms with E-state index in [1.165, 1.54) is 6.42 Å². The molecule has 2 saturated heterocycles. The number of aromatic nitrogens is 2. The van der Waals surface area contributed by atoms with Crippen LogP contribution >= 0.6 is 0 Å². The summed E-state index contributed by atoms with van der Waals surface area (Å²) in [5, 5.41) is 4.09. The lowest BCUT2D eigenvalue weighted by Crippen LogP contribution is -2.51. The van der Waals surface area contributed by atoms with E-state index in [4.69, 9.17) is 4.52 Å². The first-order chi connectivity index (χ1) is 13.7. The number of hydrogen-bond donors (Lipinski definition) is 0. The molecule has 0 bridgehead atoms. The van der Waals surface area contributed by atoms with Crippen LogP contribution in [0.5, 0.6) is 0 Å². The van der Waals surface area contributed by atoms with Crippen LogP contribution in [0.3, 0.4) is 0 Å². The number of nitrogens with zero attached hydrogens (tertiary/aromatic N) is 5. The van der Waals surface area contributed by atoms with Crippen LogP contribution in [-0.2, 0) is 11.3 Å². The third kappa shape index (κ3) is 4.59. The Morgan fingerprint density at radius 1 is 1.07 bits per heavy atom. The number of piperidine rings is 1. The van der Waals surface area contributed by atoms with Crippen LogP contribution in [0.4, 0.5) is 0 Å². The number of rotatable bonds is 5. The van der Waals surface area contributed by atoms with Crippen molar-refractivity contribution in [1.82, 2.24) is 24.8 Å². The lowest BCUT2D eigenvalue weighted by Gasteiger charge is -2.37. The molecule has 28 heavy (non-hydrogen) atoms. The van der Waals surface area contributed by atoms with Crippen molar-refractivity contribution < 1.29 is 9.32 Å². The average molecular weight is 383 g/mol. The van der Waals surface area contributed by atoms with E-state index in [-0.39, 0.29) is 5.91 Å². The summed E-state index contributed by atoms with van der Waals surface area (Å²) in [7, 11) is 0. The van der Waals surface area contributed by atoms with E-state index >= 15 is 0 Å². The molecule has 0 radical (unpaired) electrons. The Hall–Kier alpha value is -2.25. The van der Waals surface area contributed by atoms with E-state index in [0.717, 1.165) is 51.1 Å². The number of benzene rings is 1. The van der Waals surface area contributed by atoms with Gasteiger partial charge in [0, 0.05) is 44.3 Å². The first kappa shape index (κ1) is 19.1. The van der Waals surface area contributed by atoms with Crippen molar-refractivity contribution in [2.75, 3.05) is 39.3 Å². The van der Waals surface area contributed by atoms with Crippen LogP contribution in [0.15, 0.2) is 34.9 Å². The smallest absolute Gasteiger partial charge is 0.241 e. The molecule has 0 spiro atoms. The molecule has 150 valence electrons. The summed E-state index contributed by atoms with van der Waals surface area (Å²) in [6.07, 6.45) is 3.51. The van der Waals surface area contributed by atoms with Crippen molar-refractivity contribution in [3.05, 3.63) is 36.2 Å². The largest absolute Gasteiger partial charge is 0.339 e. The molecular weight excluding hydrogens is 354 g/mol. The molecule has 3 heterocycles. The molecule has 2 aliphatic heterocycles. The van der Waals surface area contributed by atoms with Crippen molar-refractivity contribution in [3.63, 3.8) is 0 Å². The highest BCUT2D eigenvalue weighted by atomic mass is 16.5. The first-order valence-corrected chi connectivity index (χ1v) is 10.3. The van der Waals surface area contributed by atoms with Gasteiger partial charge in [0.05, 0.1) is 13.1 Å². The monoisotopic (exact) mass is 383 g/mol. The topological polar surface area (TPSA) is 65.7 Å². The molecule has 7 nitrogen and oxygen atoms in total. The SMILES string of the molecule is CC1CCCCN1C(=O)CN1CCN(Cc2nc(-c3ccccc3)no2)CC1. The number of likely N-dealkylation sites (tertiary alicyclic amines) is 1. The summed E-state index contributed by atoms with van der Waals surface area (Å²) in [5.74, 6) is 1.56. The first-order valence-electron chi connectivity index (χ1n) is 10.3. The van der Waals surface area contributed by atoms with Crippen LogP contribution in [0, 0.1) is 0 Å². The fourth-order valence-electron chi connectivity index (χ4n) is 4.07. The Labute approximate surface area is 166 Å². The van der Waals surface area contributed by atoms with Gasteiger partial charge >= 0.3 is 0 Å². The highest BCUT2D eigenvalue weighted by molar-refractivity contribution is 5.78. The van der Waals surface area contributed by atoms with Gasteiger partial charge in [0.2, 0.25) is 17.6 Å². The summed E-state index contributed by atoms with van der Waals surface area (Å²) in [6.45, 7) is 7.89. The van der Waals surface area contributed by atoms with Gasteiger partial charge in [0.15, 0.2) is 0 Å². The highest BCUT2D eigenvalue weighted by Crippen LogP contribution is 2.18. The van der Waals surface area contributed by atoms with Gasteiger partial charge in [-0.2, -0.15) is 4.98 Å². The zero-order chi connectivity index (χ0) is 19.3. The number of carbonyl (C=O) groups excluding carboxylic acids is 1. The molecule has 1 amide bonds. The van der Waals surface area contributed by atoms with Crippen molar-refractivity contribution in [2.45, 2.75) is 38.8 Å². The number of hydrogen-bond acceptors (Lipinski definition) is 6. The average Bonchev–Trinajstić information content (AvgIpc) is 3.19. The van der Waals surface area contributed by atoms with E-state index < -0.39 is 0 Å². The Kier molecular flexibility index (Phi) is 6.02. The van der Waals surface area contributed by atoms with Gasteiger partial charge in [-0.15, -0.1) is 0 Å². The standard InChI is InChI=1S/C21H29N5O2/c1-17-7-5-6-10-26(17)20(27)16-25-13-11-24(12-14-25)15-19-22-21(23-28-19)18-8-3-2-4-9-18/h2-4,8-9,17H,5-7,10-16H2,1H3. The Morgan fingerprint density at radius 3 is 2.57 bits per heavy atom. The van der Waals surface area contributed by atoms with Crippen LogP contribution in [0.2, 0.25) is 0 Å². The molecule has 1 unspecified atom stereocenters. The van der Waals surface area contributed by atoms with Crippen LogP contribution in [-0.4, -0.2) is 76.1 Å². The summed E-state index contributed by atoms with van der Waals surface area (Å²) in [6, 6.07) is 10.3. The Bertz CT molecular complexity index is 770. The minimum Gasteiger partial charge on any atom is -0.339 e. The zero-order valence-electron chi connectivity index (χ0n) is 16.6. The van der Waals surface area contributed by atoms with Gasteiger partial charge in [-0.1, -0.05) is 35.5 Å². The maximum absolute atomic E-state index is 12.6. The minimum atomic E-state index is 0.282. The van der Waals surface area contributed by atoms with Gasteiger partial charge in [-0.05, 0) is 26.2 Å². The molecule has 4 rings (SSSR count). The Morgan fingerprint density at radius 2 is 1.82 bits per heavy atom. The molecule has 1 aromatic carbocycles. The molecule has 0 aliphatic carbocycles. The molecule has 2 aliphatic rings. The van der Waals surface area contributed by atoms with Gasteiger partial charge in [0.25, 0.3) is 0 Å². The van der Waals surface area contributed by atoms with E-state index in [1.54, 1.807) is 0 Å². The lowest BCUT2D eigenvalue weighted by molar-refractivity contribution is -0.136. The maximum Gasteiger partial charge on any atom is 0.241 e. The second kappa shape index (κ2) is 8.84. The summed E-state index contributed by atoms with van der Waals surface area (Å²) in [4.78, 5) is 23.8. The molecular formula is C21H29N5O2. The van der Waals surface area contributed by atoms with E-state index in [9.17, 15) is 4.79 Å². The fraction of sp³-hybridized carbons (Fsp3) is 0.571. The summed E-state index contributed by atoms with van der Waals surface area (Å²) < 4.78 is 5.43. The van der Waals surface area contributed by atoms with Crippen LogP contribution in [0.1, 0.15) is 32.1 Å². The predicted molar refractivity (Wildman–Crippen MR) is 106 cm³/mol. The quantitative estimate of drug-likeness (QED) is 0.789. The van der Waals surface area contributed by atoms with Gasteiger partial charge in [-0.3, -0.25) is 14.6 Å².